The highest BCUT2D eigenvalue weighted by atomic mass is 16.5. The third kappa shape index (κ3) is 2.78. The molecule has 2 aromatic carbocycles. The van der Waals surface area contributed by atoms with Gasteiger partial charge in [0.2, 0.25) is 0 Å². The van der Waals surface area contributed by atoms with E-state index < -0.39 is 0 Å². The summed E-state index contributed by atoms with van der Waals surface area (Å²) in [6, 6.07) is 12.1. The van der Waals surface area contributed by atoms with Crippen LogP contribution in [0.5, 0.6) is 5.75 Å². The van der Waals surface area contributed by atoms with E-state index in [1.54, 1.807) is 4.90 Å². The maximum absolute atomic E-state index is 11.5. The molecule has 0 aliphatic carbocycles. The Labute approximate surface area is 123 Å². The monoisotopic (exact) mass is 285 g/mol. The molecule has 0 bridgehead atoms. The number of benzene rings is 2. The summed E-state index contributed by atoms with van der Waals surface area (Å²) in [5, 5.41) is 5.05. The number of ether oxygens (including phenoxy) is 1. The fraction of sp³-hybridized carbons (Fsp3) is 0.312. The zero-order chi connectivity index (χ0) is 14.7. The number of carbonyl (C=O) groups is 1. The number of hydrogen-bond acceptors (Lipinski definition) is 3. The van der Waals surface area contributed by atoms with E-state index in [1.807, 2.05) is 24.3 Å². The predicted molar refractivity (Wildman–Crippen MR) is 82.3 cm³/mol. The van der Waals surface area contributed by atoms with Crippen LogP contribution in [-0.4, -0.2) is 37.2 Å². The molecule has 0 atom stereocenters. The minimum atomic E-state index is -0.0174. The van der Waals surface area contributed by atoms with Gasteiger partial charge in [-0.05, 0) is 16.8 Å². The second-order valence-electron chi connectivity index (χ2n) is 5.03. The number of nitrogens with two attached hydrogens (primary N) is 1. The Hall–Kier alpha value is -2.27. The van der Waals surface area contributed by atoms with E-state index in [-0.39, 0.29) is 6.03 Å². The maximum atomic E-state index is 11.5. The lowest BCUT2D eigenvalue weighted by Gasteiger charge is -2.17. The third-order valence-corrected chi connectivity index (χ3v) is 3.77. The Kier molecular flexibility index (Phi) is 3.92. The number of carbonyl (C=O) groups excluding carboxylic acids is 1. The lowest BCUT2D eigenvalue weighted by Crippen LogP contribution is -2.31. The standard InChI is InChI=1S/C16H19N3O2/c17-11-14-13-4-2-1-3-12(13)5-6-15(14)21-10-9-19-8-7-18-16(19)20/h1-6H,7-11,17H2,(H,18,20). The molecule has 21 heavy (non-hydrogen) atoms. The summed E-state index contributed by atoms with van der Waals surface area (Å²) in [6.07, 6.45) is 0. The Balaban J connectivity index is 1.73. The summed E-state index contributed by atoms with van der Waals surface area (Å²) >= 11 is 0. The summed E-state index contributed by atoms with van der Waals surface area (Å²) in [6.45, 7) is 2.94. The molecule has 5 nitrogen and oxygen atoms in total. The van der Waals surface area contributed by atoms with Gasteiger partial charge in [0.25, 0.3) is 0 Å². The van der Waals surface area contributed by atoms with Crippen LogP contribution in [0, 0.1) is 0 Å². The molecule has 1 aliphatic heterocycles. The number of amides is 2. The van der Waals surface area contributed by atoms with Crippen LogP contribution in [0.2, 0.25) is 0 Å². The number of hydrogen-bond donors (Lipinski definition) is 2. The highest BCUT2D eigenvalue weighted by Crippen LogP contribution is 2.27. The van der Waals surface area contributed by atoms with Crippen molar-refractivity contribution in [1.29, 1.82) is 0 Å². The van der Waals surface area contributed by atoms with Crippen molar-refractivity contribution in [3.05, 3.63) is 42.0 Å². The van der Waals surface area contributed by atoms with Crippen LogP contribution in [0.3, 0.4) is 0 Å². The number of rotatable bonds is 5. The summed E-state index contributed by atoms with van der Waals surface area (Å²) in [4.78, 5) is 13.2. The molecule has 0 aromatic heterocycles. The molecular formula is C16H19N3O2. The van der Waals surface area contributed by atoms with Gasteiger partial charge < -0.3 is 20.7 Å². The lowest BCUT2D eigenvalue weighted by atomic mass is 10.0. The van der Waals surface area contributed by atoms with E-state index in [1.165, 1.54) is 0 Å². The minimum absolute atomic E-state index is 0.0174. The Morgan fingerprint density at radius 1 is 1.24 bits per heavy atom. The van der Waals surface area contributed by atoms with E-state index >= 15 is 0 Å². The van der Waals surface area contributed by atoms with Crippen molar-refractivity contribution in [3.63, 3.8) is 0 Å². The normalized spacial score (nSPS) is 14.5. The molecule has 110 valence electrons. The summed E-state index contributed by atoms with van der Waals surface area (Å²) in [5.74, 6) is 0.802. The fourth-order valence-electron chi connectivity index (χ4n) is 2.65. The third-order valence-electron chi connectivity index (χ3n) is 3.77. The van der Waals surface area contributed by atoms with Crippen molar-refractivity contribution in [2.45, 2.75) is 6.54 Å². The molecule has 1 aliphatic rings. The molecular weight excluding hydrogens is 266 g/mol. The van der Waals surface area contributed by atoms with Gasteiger partial charge in [0.15, 0.2) is 0 Å². The van der Waals surface area contributed by atoms with Crippen LogP contribution in [0.25, 0.3) is 10.8 Å². The zero-order valence-corrected chi connectivity index (χ0v) is 11.8. The summed E-state index contributed by atoms with van der Waals surface area (Å²) in [5.41, 5.74) is 6.89. The fourth-order valence-corrected chi connectivity index (χ4v) is 2.65. The summed E-state index contributed by atoms with van der Waals surface area (Å²) < 4.78 is 5.84. The number of nitrogens with zero attached hydrogens (tertiary/aromatic N) is 1. The van der Waals surface area contributed by atoms with Gasteiger partial charge in [0.05, 0.1) is 6.54 Å². The highest BCUT2D eigenvalue weighted by molar-refractivity contribution is 5.87. The van der Waals surface area contributed by atoms with Crippen LogP contribution in [-0.2, 0) is 6.54 Å². The van der Waals surface area contributed by atoms with Crippen molar-refractivity contribution < 1.29 is 9.53 Å². The van der Waals surface area contributed by atoms with E-state index in [0.717, 1.165) is 28.6 Å². The average molecular weight is 285 g/mol. The van der Waals surface area contributed by atoms with E-state index in [0.29, 0.717) is 26.2 Å². The Bertz CT molecular complexity index is 657. The highest BCUT2D eigenvalue weighted by Gasteiger charge is 2.18. The SMILES string of the molecule is NCc1c(OCCN2CCNC2=O)ccc2ccccc12. The largest absolute Gasteiger partial charge is 0.491 e. The first kappa shape index (κ1) is 13.7. The minimum Gasteiger partial charge on any atom is -0.491 e. The second-order valence-corrected chi connectivity index (χ2v) is 5.03. The van der Waals surface area contributed by atoms with Gasteiger partial charge in [-0.25, -0.2) is 4.79 Å². The predicted octanol–water partition coefficient (Wildman–Crippen LogP) is 1.70. The smallest absolute Gasteiger partial charge is 0.317 e. The van der Waals surface area contributed by atoms with Gasteiger partial charge in [-0.2, -0.15) is 0 Å². The van der Waals surface area contributed by atoms with Gasteiger partial charge in [0, 0.05) is 25.2 Å². The molecule has 1 heterocycles. The molecule has 3 rings (SSSR count). The van der Waals surface area contributed by atoms with Crippen molar-refractivity contribution >= 4 is 16.8 Å². The molecule has 1 fully saturated rings. The quantitative estimate of drug-likeness (QED) is 0.878. The van der Waals surface area contributed by atoms with E-state index in [2.05, 4.69) is 17.4 Å². The Morgan fingerprint density at radius 2 is 2.10 bits per heavy atom. The molecule has 0 radical (unpaired) electrons. The van der Waals surface area contributed by atoms with Crippen LogP contribution in [0.4, 0.5) is 4.79 Å². The molecule has 0 saturated carbocycles. The van der Waals surface area contributed by atoms with Crippen molar-refractivity contribution in [2.24, 2.45) is 5.73 Å². The van der Waals surface area contributed by atoms with E-state index in [4.69, 9.17) is 10.5 Å². The first-order chi connectivity index (χ1) is 10.3. The van der Waals surface area contributed by atoms with Gasteiger partial charge in [-0.15, -0.1) is 0 Å². The number of urea groups is 1. The molecule has 0 spiro atoms. The first-order valence-corrected chi connectivity index (χ1v) is 7.16. The van der Waals surface area contributed by atoms with Crippen molar-refractivity contribution in [2.75, 3.05) is 26.2 Å². The topological polar surface area (TPSA) is 67.6 Å². The summed E-state index contributed by atoms with van der Waals surface area (Å²) in [7, 11) is 0. The van der Waals surface area contributed by atoms with Gasteiger partial charge >= 0.3 is 6.03 Å². The number of fused-ring (bicyclic) bond motifs is 1. The van der Waals surface area contributed by atoms with Crippen LogP contribution in [0.1, 0.15) is 5.56 Å². The van der Waals surface area contributed by atoms with Gasteiger partial charge in [-0.3, -0.25) is 0 Å². The van der Waals surface area contributed by atoms with Crippen molar-refractivity contribution in [3.8, 4) is 5.75 Å². The van der Waals surface area contributed by atoms with Gasteiger partial charge in [0.1, 0.15) is 12.4 Å². The van der Waals surface area contributed by atoms with Crippen LogP contribution >= 0.6 is 0 Å². The lowest BCUT2D eigenvalue weighted by molar-refractivity contribution is 0.202. The molecule has 5 heteroatoms. The maximum Gasteiger partial charge on any atom is 0.317 e. The Morgan fingerprint density at radius 3 is 2.86 bits per heavy atom. The first-order valence-electron chi connectivity index (χ1n) is 7.16. The molecule has 3 N–H and O–H groups in total. The van der Waals surface area contributed by atoms with Crippen molar-refractivity contribution in [1.82, 2.24) is 10.2 Å². The molecule has 0 unspecified atom stereocenters. The second kappa shape index (κ2) is 6.01. The molecule has 1 saturated heterocycles. The van der Waals surface area contributed by atoms with Gasteiger partial charge in [-0.1, -0.05) is 30.3 Å². The molecule has 2 aromatic rings. The van der Waals surface area contributed by atoms with Crippen LogP contribution in [0.15, 0.2) is 36.4 Å². The average Bonchev–Trinajstić information content (AvgIpc) is 2.92. The molecule has 2 amide bonds. The number of nitrogens with one attached hydrogen (secondary N) is 1. The van der Waals surface area contributed by atoms with Crippen LogP contribution < -0.4 is 15.8 Å². The zero-order valence-electron chi connectivity index (χ0n) is 11.8. The van der Waals surface area contributed by atoms with E-state index in [9.17, 15) is 4.79 Å².